The van der Waals surface area contributed by atoms with Crippen molar-refractivity contribution in [2.45, 2.75) is 32.2 Å². The summed E-state index contributed by atoms with van der Waals surface area (Å²) in [6.07, 6.45) is 3.93. The molecule has 0 spiro atoms. The second-order valence-corrected chi connectivity index (χ2v) is 5.17. The second-order valence-electron chi connectivity index (χ2n) is 5.17. The van der Waals surface area contributed by atoms with E-state index in [1.807, 2.05) is 0 Å². The second kappa shape index (κ2) is 6.46. The normalized spacial score (nSPS) is 25.8. The van der Waals surface area contributed by atoms with Crippen LogP contribution >= 0.6 is 0 Å². The Kier molecular flexibility index (Phi) is 5.58. The fourth-order valence-electron chi connectivity index (χ4n) is 2.22. The molecule has 3 heteroatoms. The summed E-state index contributed by atoms with van der Waals surface area (Å²) < 4.78 is 0. The zero-order chi connectivity index (χ0) is 11.3. The predicted octanol–water partition coefficient (Wildman–Crippen LogP) is 0.997. The molecule has 2 atom stereocenters. The Labute approximate surface area is 94.6 Å². The Morgan fingerprint density at radius 2 is 2.27 bits per heavy atom. The minimum Gasteiger partial charge on any atom is -0.330 e. The first-order valence-corrected chi connectivity index (χ1v) is 6.22. The lowest BCUT2D eigenvalue weighted by molar-refractivity contribution is 0.130. The zero-order valence-corrected chi connectivity index (χ0v) is 10.6. The highest BCUT2D eigenvalue weighted by atomic mass is 15.2. The molecular weight excluding hydrogens is 186 g/mol. The SMILES string of the molecule is CC(CN)CCN(C)C1CCCN(C)C1. The fourth-order valence-corrected chi connectivity index (χ4v) is 2.22. The first-order chi connectivity index (χ1) is 7.13. The van der Waals surface area contributed by atoms with Crippen LogP contribution in [0.3, 0.4) is 0 Å². The number of nitrogens with two attached hydrogens (primary N) is 1. The van der Waals surface area contributed by atoms with E-state index in [1.165, 1.54) is 38.9 Å². The van der Waals surface area contributed by atoms with E-state index in [9.17, 15) is 0 Å². The maximum Gasteiger partial charge on any atom is 0.0220 e. The molecule has 1 aliphatic rings. The van der Waals surface area contributed by atoms with Crippen LogP contribution in [-0.2, 0) is 0 Å². The summed E-state index contributed by atoms with van der Waals surface area (Å²) in [7, 11) is 4.48. The Balaban J connectivity index is 2.23. The molecule has 1 rings (SSSR count). The highest BCUT2D eigenvalue weighted by Crippen LogP contribution is 2.14. The average Bonchev–Trinajstić information content (AvgIpc) is 2.25. The number of rotatable bonds is 5. The Morgan fingerprint density at radius 1 is 1.53 bits per heavy atom. The topological polar surface area (TPSA) is 32.5 Å². The summed E-state index contributed by atoms with van der Waals surface area (Å²) in [5.74, 6) is 0.661. The molecule has 0 bridgehead atoms. The molecule has 1 saturated heterocycles. The van der Waals surface area contributed by atoms with Crippen LogP contribution < -0.4 is 5.73 Å². The third-order valence-corrected chi connectivity index (χ3v) is 3.60. The van der Waals surface area contributed by atoms with Gasteiger partial charge in [-0.25, -0.2) is 0 Å². The lowest BCUT2D eigenvalue weighted by Crippen LogP contribution is -2.45. The molecule has 1 fully saturated rings. The van der Waals surface area contributed by atoms with Crippen LogP contribution in [0.5, 0.6) is 0 Å². The number of piperidine rings is 1. The van der Waals surface area contributed by atoms with Gasteiger partial charge < -0.3 is 15.5 Å². The molecule has 1 aliphatic heterocycles. The van der Waals surface area contributed by atoms with E-state index in [4.69, 9.17) is 5.73 Å². The monoisotopic (exact) mass is 213 g/mol. The summed E-state index contributed by atoms with van der Waals surface area (Å²) in [5.41, 5.74) is 5.63. The highest BCUT2D eigenvalue weighted by molar-refractivity contribution is 4.77. The number of likely N-dealkylation sites (tertiary alicyclic amines) is 1. The standard InChI is InChI=1S/C12H27N3/c1-11(9-13)6-8-15(3)12-5-4-7-14(2)10-12/h11-12H,4-10,13H2,1-3H3. The minimum atomic E-state index is 0.661. The van der Waals surface area contributed by atoms with Gasteiger partial charge in [-0.2, -0.15) is 0 Å². The molecule has 0 saturated carbocycles. The van der Waals surface area contributed by atoms with E-state index in [-0.39, 0.29) is 0 Å². The highest BCUT2D eigenvalue weighted by Gasteiger charge is 2.20. The van der Waals surface area contributed by atoms with Gasteiger partial charge in [0.25, 0.3) is 0 Å². The van der Waals surface area contributed by atoms with Crippen molar-refractivity contribution in [3.63, 3.8) is 0 Å². The zero-order valence-electron chi connectivity index (χ0n) is 10.6. The van der Waals surface area contributed by atoms with Gasteiger partial charge in [0.05, 0.1) is 0 Å². The van der Waals surface area contributed by atoms with E-state index in [1.54, 1.807) is 0 Å². The summed E-state index contributed by atoms with van der Waals surface area (Å²) >= 11 is 0. The number of hydrogen-bond donors (Lipinski definition) is 1. The van der Waals surface area contributed by atoms with Crippen molar-refractivity contribution in [1.82, 2.24) is 9.80 Å². The van der Waals surface area contributed by atoms with Crippen molar-refractivity contribution in [1.29, 1.82) is 0 Å². The summed E-state index contributed by atoms with van der Waals surface area (Å²) in [4.78, 5) is 4.96. The Morgan fingerprint density at radius 3 is 2.87 bits per heavy atom. The summed E-state index contributed by atoms with van der Waals surface area (Å²) in [5, 5.41) is 0. The lowest BCUT2D eigenvalue weighted by Gasteiger charge is -2.36. The van der Waals surface area contributed by atoms with Gasteiger partial charge in [-0.05, 0) is 58.9 Å². The third-order valence-electron chi connectivity index (χ3n) is 3.60. The Bertz CT molecular complexity index is 172. The molecule has 0 amide bonds. The largest absolute Gasteiger partial charge is 0.330 e. The van der Waals surface area contributed by atoms with Gasteiger partial charge in [-0.15, -0.1) is 0 Å². The number of likely N-dealkylation sites (N-methyl/N-ethyl adjacent to an activating group) is 2. The summed E-state index contributed by atoms with van der Waals surface area (Å²) in [6.45, 7) is 6.74. The maximum absolute atomic E-state index is 5.63. The molecule has 1 heterocycles. The van der Waals surface area contributed by atoms with Crippen molar-refractivity contribution in [3.05, 3.63) is 0 Å². The number of nitrogens with zero attached hydrogens (tertiary/aromatic N) is 2. The van der Waals surface area contributed by atoms with E-state index in [2.05, 4.69) is 30.8 Å². The van der Waals surface area contributed by atoms with Crippen LogP contribution in [0, 0.1) is 5.92 Å². The number of hydrogen-bond acceptors (Lipinski definition) is 3. The van der Waals surface area contributed by atoms with Crippen molar-refractivity contribution in [2.24, 2.45) is 11.7 Å². The van der Waals surface area contributed by atoms with Gasteiger partial charge in [0.1, 0.15) is 0 Å². The molecule has 0 aromatic rings. The van der Waals surface area contributed by atoms with Gasteiger partial charge in [-0.1, -0.05) is 6.92 Å². The van der Waals surface area contributed by atoms with Crippen LogP contribution in [0.25, 0.3) is 0 Å². The Hall–Kier alpha value is -0.120. The molecule has 3 nitrogen and oxygen atoms in total. The molecule has 2 N–H and O–H groups in total. The van der Waals surface area contributed by atoms with E-state index in [0.717, 1.165) is 12.6 Å². The van der Waals surface area contributed by atoms with Crippen LogP contribution in [0.15, 0.2) is 0 Å². The van der Waals surface area contributed by atoms with E-state index in [0.29, 0.717) is 5.92 Å². The average molecular weight is 213 g/mol. The third kappa shape index (κ3) is 4.49. The van der Waals surface area contributed by atoms with Gasteiger partial charge in [0.15, 0.2) is 0 Å². The quantitative estimate of drug-likeness (QED) is 0.739. The molecule has 0 radical (unpaired) electrons. The molecule has 0 aliphatic carbocycles. The summed E-state index contributed by atoms with van der Waals surface area (Å²) in [6, 6.07) is 0.758. The van der Waals surface area contributed by atoms with E-state index >= 15 is 0 Å². The maximum atomic E-state index is 5.63. The van der Waals surface area contributed by atoms with Crippen LogP contribution in [-0.4, -0.2) is 56.1 Å². The smallest absolute Gasteiger partial charge is 0.0220 e. The van der Waals surface area contributed by atoms with Crippen molar-refractivity contribution < 1.29 is 0 Å². The van der Waals surface area contributed by atoms with E-state index < -0.39 is 0 Å². The van der Waals surface area contributed by atoms with Gasteiger partial charge >= 0.3 is 0 Å². The van der Waals surface area contributed by atoms with Crippen molar-refractivity contribution in [3.8, 4) is 0 Å². The van der Waals surface area contributed by atoms with Crippen molar-refractivity contribution in [2.75, 3.05) is 40.3 Å². The van der Waals surface area contributed by atoms with Gasteiger partial charge in [0, 0.05) is 12.6 Å². The predicted molar refractivity (Wildman–Crippen MR) is 66.0 cm³/mol. The molecular formula is C12H27N3. The van der Waals surface area contributed by atoms with Gasteiger partial charge in [0.2, 0.25) is 0 Å². The van der Waals surface area contributed by atoms with Crippen LogP contribution in [0.2, 0.25) is 0 Å². The molecule has 0 aromatic carbocycles. The first kappa shape index (κ1) is 12.9. The van der Waals surface area contributed by atoms with Gasteiger partial charge in [-0.3, -0.25) is 0 Å². The molecule has 90 valence electrons. The molecule has 2 unspecified atom stereocenters. The van der Waals surface area contributed by atoms with Crippen LogP contribution in [0.4, 0.5) is 0 Å². The molecule has 0 aromatic heterocycles. The van der Waals surface area contributed by atoms with Crippen molar-refractivity contribution >= 4 is 0 Å². The lowest BCUT2D eigenvalue weighted by atomic mass is 10.0. The first-order valence-electron chi connectivity index (χ1n) is 6.22. The van der Waals surface area contributed by atoms with Crippen LogP contribution in [0.1, 0.15) is 26.2 Å². The molecule has 15 heavy (non-hydrogen) atoms. The fraction of sp³-hybridized carbons (Fsp3) is 1.00. The minimum absolute atomic E-state index is 0.661.